The van der Waals surface area contributed by atoms with Crippen LogP contribution in [-0.2, 0) is 6.54 Å². The van der Waals surface area contributed by atoms with Gasteiger partial charge in [-0.25, -0.2) is 4.98 Å². The van der Waals surface area contributed by atoms with Crippen molar-refractivity contribution in [1.82, 2.24) is 14.5 Å². The minimum atomic E-state index is 0. The number of rotatable bonds is 3. The van der Waals surface area contributed by atoms with Crippen molar-refractivity contribution in [3.05, 3.63) is 24.3 Å². The van der Waals surface area contributed by atoms with Crippen molar-refractivity contribution in [1.29, 1.82) is 0 Å². The van der Waals surface area contributed by atoms with Crippen LogP contribution in [0.1, 0.15) is 25.7 Å². The smallest absolute Gasteiger partial charge is 0.206 e. The molecule has 0 bridgehead atoms. The Balaban J connectivity index is 0. The number of anilines is 1. The van der Waals surface area contributed by atoms with E-state index in [-0.39, 0.29) is 41.2 Å². The van der Waals surface area contributed by atoms with Gasteiger partial charge >= 0.3 is 0 Å². The molecule has 1 saturated heterocycles. The van der Waals surface area contributed by atoms with Gasteiger partial charge in [-0.1, -0.05) is 18.6 Å². The number of piperidine rings is 1. The molecule has 2 aliphatic heterocycles. The zero-order valence-electron chi connectivity index (χ0n) is 15.0. The fraction of sp³-hybridized carbons (Fsp3) is 0.588. The highest BCUT2D eigenvalue weighted by atomic mass is 35.5. The number of nitrogens with zero attached hydrogens (tertiary/aromatic N) is 4. The van der Waals surface area contributed by atoms with Crippen LogP contribution < -0.4 is 4.90 Å². The molecular weight excluding hydrogens is 379 g/mol. The van der Waals surface area contributed by atoms with Crippen molar-refractivity contribution in [2.24, 2.45) is 0 Å². The molecule has 152 valence electrons. The van der Waals surface area contributed by atoms with Gasteiger partial charge in [0.15, 0.2) is 0 Å². The average molecular weight is 411 g/mol. The molecule has 26 heavy (non-hydrogen) atoms. The number of imidazole rings is 1. The van der Waals surface area contributed by atoms with E-state index in [1.165, 1.54) is 56.8 Å². The third-order valence-electron chi connectivity index (χ3n) is 4.86. The molecule has 4 rings (SSSR count). The van der Waals surface area contributed by atoms with Crippen LogP contribution in [0.5, 0.6) is 0 Å². The molecule has 2 aromatic rings. The summed E-state index contributed by atoms with van der Waals surface area (Å²) in [6, 6.07) is 8.52. The minimum Gasteiger partial charge on any atom is -0.412 e. The SMILES string of the molecule is Cl.Cl.O.O.O.c1ccc2c(c1)nc1n2CCCN1CCN1CCCCC1. The molecule has 0 radical (unpaired) electrons. The Bertz CT molecular complexity index is 635. The molecule has 0 spiro atoms. The first kappa shape index (κ1) is 27.1. The van der Waals surface area contributed by atoms with Gasteiger partial charge in [0.2, 0.25) is 5.95 Å². The summed E-state index contributed by atoms with van der Waals surface area (Å²) in [5, 5.41) is 0. The predicted molar refractivity (Wildman–Crippen MR) is 112 cm³/mol. The van der Waals surface area contributed by atoms with Crippen molar-refractivity contribution < 1.29 is 16.4 Å². The van der Waals surface area contributed by atoms with Gasteiger partial charge in [0.05, 0.1) is 11.0 Å². The molecule has 7 nitrogen and oxygen atoms in total. The number of likely N-dealkylation sites (tertiary alicyclic amines) is 1. The first-order valence-corrected chi connectivity index (χ1v) is 8.34. The molecular formula is C17H32Cl2N4O3. The van der Waals surface area contributed by atoms with Crippen molar-refractivity contribution in [3.63, 3.8) is 0 Å². The third kappa shape index (κ3) is 5.45. The number of fused-ring (bicyclic) bond motifs is 3. The fourth-order valence-corrected chi connectivity index (χ4v) is 3.70. The van der Waals surface area contributed by atoms with Crippen LogP contribution in [0.2, 0.25) is 0 Å². The third-order valence-corrected chi connectivity index (χ3v) is 4.86. The summed E-state index contributed by atoms with van der Waals surface area (Å²) in [7, 11) is 0. The molecule has 6 N–H and O–H groups in total. The molecule has 0 unspecified atom stereocenters. The standard InChI is InChI=1S/C17H24N4.2ClH.3H2O/c1-4-9-19(10-5-1)13-14-20-11-6-12-21-16-8-3-2-7-15(16)18-17(20)21;;;;;/h2-3,7-8H,1,4-6,9-14H2;2*1H;3*1H2. The second-order valence-electron chi connectivity index (χ2n) is 6.30. The highest BCUT2D eigenvalue weighted by molar-refractivity contribution is 5.85. The summed E-state index contributed by atoms with van der Waals surface area (Å²) in [5.41, 5.74) is 2.42. The zero-order chi connectivity index (χ0) is 14.1. The van der Waals surface area contributed by atoms with Crippen molar-refractivity contribution in [3.8, 4) is 0 Å². The molecule has 9 heteroatoms. The molecule has 0 amide bonds. The summed E-state index contributed by atoms with van der Waals surface area (Å²) >= 11 is 0. The van der Waals surface area contributed by atoms with Gasteiger partial charge in [-0.05, 0) is 44.5 Å². The topological polar surface area (TPSA) is 119 Å². The molecule has 2 aliphatic rings. The molecule has 1 aromatic heterocycles. The Kier molecular flexibility index (Phi) is 12.9. The number of hydrogen-bond acceptors (Lipinski definition) is 3. The summed E-state index contributed by atoms with van der Waals surface area (Å²) in [4.78, 5) is 9.97. The van der Waals surface area contributed by atoms with E-state index >= 15 is 0 Å². The van der Waals surface area contributed by atoms with Gasteiger partial charge in [-0.3, -0.25) is 0 Å². The van der Waals surface area contributed by atoms with Crippen LogP contribution in [0, 0.1) is 0 Å². The fourth-order valence-electron chi connectivity index (χ4n) is 3.70. The van der Waals surface area contributed by atoms with Gasteiger partial charge in [-0.15, -0.1) is 24.8 Å². The Hall–Kier alpha value is -1.09. The Morgan fingerprint density at radius 1 is 0.769 bits per heavy atom. The van der Waals surface area contributed by atoms with Crippen molar-refractivity contribution in [2.75, 3.05) is 37.6 Å². The zero-order valence-corrected chi connectivity index (χ0v) is 16.6. The summed E-state index contributed by atoms with van der Waals surface area (Å²) < 4.78 is 2.40. The van der Waals surface area contributed by atoms with E-state index in [1.807, 2.05) is 0 Å². The molecule has 1 fully saturated rings. The lowest BCUT2D eigenvalue weighted by Crippen LogP contribution is -2.40. The Morgan fingerprint density at radius 2 is 1.46 bits per heavy atom. The Labute approximate surface area is 167 Å². The predicted octanol–water partition coefficient (Wildman–Crippen LogP) is 1.10. The number of hydrogen-bond donors (Lipinski definition) is 0. The number of aromatic nitrogens is 2. The first-order chi connectivity index (χ1) is 10.4. The van der Waals surface area contributed by atoms with Crippen LogP contribution in [0.3, 0.4) is 0 Å². The Morgan fingerprint density at radius 3 is 2.19 bits per heavy atom. The quantitative estimate of drug-likeness (QED) is 0.752. The van der Waals surface area contributed by atoms with E-state index in [2.05, 4.69) is 38.6 Å². The molecule has 0 atom stereocenters. The van der Waals surface area contributed by atoms with E-state index in [4.69, 9.17) is 4.98 Å². The van der Waals surface area contributed by atoms with E-state index in [9.17, 15) is 0 Å². The van der Waals surface area contributed by atoms with Crippen LogP contribution in [0.15, 0.2) is 24.3 Å². The van der Waals surface area contributed by atoms with Crippen LogP contribution in [0.4, 0.5) is 5.95 Å². The van der Waals surface area contributed by atoms with E-state index in [0.29, 0.717) is 0 Å². The summed E-state index contributed by atoms with van der Waals surface area (Å²) in [6.45, 7) is 7.12. The average Bonchev–Trinajstić information content (AvgIpc) is 2.93. The number of halogens is 2. The number of para-hydroxylation sites is 2. The maximum atomic E-state index is 4.87. The van der Waals surface area contributed by atoms with E-state index in [1.54, 1.807) is 0 Å². The lowest BCUT2D eigenvalue weighted by Gasteiger charge is -2.33. The van der Waals surface area contributed by atoms with Gasteiger partial charge in [0, 0.05) is 26.2 Å². The molecule has 1 aromatic carbocycles. The number of benzene rings is 1. The van der Waals surface area contributed by atoms with Crippen LogP contribution >= 0.6 is 24.8 Å². The van der Waals surface area contributed by atoms with Crippen LogP contribution in [-0.4, -0.2) is 63.6 Å². The van der Waals surface area contributed by atoms with E-state index < -0.39 is 0 Å². The molecule has 3 heterocycles. The minimum absolute atomic E-state index is 0. The van der Waals surface area contributed by atoms with E-state index in [0.717, 1.165) is 25.2 Å². The monoisotopic (exact) mass is 410 g/mol. The second-order valence-corrected chi connectivity index (χ2v) is 6.30. The maximum absolute atomic E-state index is 4.87. The van der Waals surface area contributed by atoms with Gasteiger partial charge in [0.25, 0.3) is 0 Å². The van der Waals surface area contributed by atoms with Gasteiger partial charge in [0.1, 0.15) is 0 Å². The van der Waals surface area contributed by atoms with Crippen molar-refractivity contribution >= 4 is 41.8 Å². The first-order valence-electron chi connectivity index (χ1n) is 8.34. The molecule has 0 aliphatic carbocycles. The van der Waals surface area contributed by atoms with Crippen molar-refractivity contribution in [2.45, 2.75) is 32.2 Å². The summed E-state index contributed by atoms with van der Waals surface area (Å²) in [6.07, 6.45) is 5.39. The maximum Gasteiger partial charge on any atom is 0.206 e. The largest absolute Gasteiger partial charge is 0.412 e. The summed E-state index contributed by atoms with van der Waals surface area (Å²) in [5.74, 6) is 1.18. The van der Waals surface area contributed by atoms with Gasteiger partial charge < -0.3 is 30.8 Å². The number of aryl methyl sites for hydroxylation is 1. The van der Waals surface area contributed by atoms with Crippen LogP contribution in [0.25, 0.3) is 11.0 Å². The second kappa shape index (κ2) is 12.3. The van der Waals surface area contributed by atoms with Gasteiger partial charge in [-0.2, -0.15) is 0 Å². The lowest BCUT2D eigenvalue weighted by atomic mass is 10.1. The highest BCUT2D eigenvalue weighted by Gasteiger charge is 2.21. The highest BCUT2D eigenvalue weighted by Crippen LogP contribution is 2.26. The lowest BCUT2D eigenvalue weighted by molar-refractivity contribution is 0.232. The molecule has 0 saturated carbocycles. The normalized spacial score (nSPS) is 16.1.